The SMILES string of the molecule is CN=C(N)NC1CCc2cn(C(C)C)nc2C1. The van der Waals surface area contributed by atoms with Gasteiger partial charge < -0.3 is 11.1 Å². The molecule has 5 heteroatoms. The standard InChI is InChI=1S/C12H21N5/c1-8(2)17-7-9-4-5-10(6-11(9)16-17)15-12(13)14-3/h7-8,10H,4-6H2,1-3H3,(H3,13,14,15). The third-order valence-electron chi connectivity index (χ3n) is 3.22. The predicted molar refractivity (Wildman–Crippen MR) is 69.1 cm³/mol. The molecule has 1 atom stereocenters. The van der Waals surface area contributed by atoms with Crippen LogP contribution in [0.5, 0.6) is 0 Å². The van der Waals surface area contributed by atoms with Crippen LogP contribution in [0.25, 0.3) is 0 Å². The van der Waals surface area contributed by atoms with E-state index in [9.17, 15) is 0 Å². The van der Waals surface area contributed by atoms with Crippen molar-refractivity contribution in [3.63, 3.8) is 0 Å². The van der Waals surface area contributed by atoms with Crippen LogP contribution in [0.1, 0.15) is 37.6 Å². The van der Waals surface area contributed by atoms with Gasteiger partial charge in [-0.15, -0.1) is 0 Å². The summed E-state index contributed by atoms with van der Waals surface area (Å²) in [5, 5.41) is 7.86. The van der Waals surface area contributed by atoms with Gasteiger partial charge in [-0.25, -0.2) is 0 Å². The van der Waals surface area contributed by atoms with Crippen molar-refractivity contribution >= 4 is 5.96 Å². The van der Waals surface area contributed by atoms with Crippen LogP contribution in [0.4, 0.5) is 0 Å². The normalized spacial score (nSPS) is 20.5. The number of guanidine groups is 1. The summed E-state index contributed by atoms with van der Waals surface area (Å²) in [6.45, 7) is 4.30. The second kappa shape index (κ2) is 4.77. The fraction of sp³-hybridized carbons (Fsp3) is 0.667. The number of nitrogens with one attached hydrogen (secondary N) is 1. The molecular formula is C12H21N5. The molecule has 0 spiro atoms. The Balaban J connectivity index is 2.08. The highest BCUT2D eigenvalue weighted by Crippen LogP contribution is 2.21. The van der Waals surface area contributed by atoms with E-state index in [0.717, 1.165) is 19.3 Å². The van der Waals surface area contributed by atoms with Crippen LogP contribution in [0.2, 0.25) is 0 Å². The largest absolute Gasteiger partial charge is 0.370 e. The quantitative estimate of drug-likeness (QED) is 0.590. The lowest BCUT2D eigenvalue weighted by Gasteiger charge is -2.22. The molecule has 1 aliphatic rings. The minimum absolute atomic E-state index is 0.363. The van der Waals surface area contributed by atoms with Gasteiger partial charge in [0, 0.05) is 31.7 Å². The Morgan fingerprint density at radius 2 is 2.41 bits per heavy atom. The van der Waals surface area contributed by atoms with Gasteiger partial charge in [0.05, 0.1) is 5.69 Å². The van der Waals surface area contributed by atoms with E-state index in [2.05, 4.69) is 35.5 Å². The predicted octanol–water partition coefficient (Wildman–Crippen LogP) is 0.855. The Morgan fingerprint density at radius 3 is 3.06 bits per heavy atom. The molecule has 1 aromatic heterocycles. The molecule has 0 saturated carbocycles. The molecule has 0 aromatic carbocycles. The summed E-state index contributed by atoms with van der Waals surface area (Å²) in [5.41, 5.74) is 8.27. The average molecular weight is 235 g/mol. The van der Waals surface area contributed by atoms with E-state index in [1.165, 1.54) is 11.3 Å². The molecule has 0 bridgehead atoms. The Labute approximate surface area is 102 Å². The first-order valence-electron chi connectivity index (χ1n) is 6.16. The van der Waals surface area contributed by atoms with Crippen LogP contribution in [0.15, 0.2) is 11.2 Å². The summed E-state index contributed by atoms with van der Waals surface area (Å²) in [5.74, 6) is 0.516. The zero-order valence-corrected chi connectivity index (χ0v) is 10.8. The molecule has 2 rings (SSSR count). The van der Waals surface area contributed by atoms with Gasteiger partial charge in [-0.05, 0) is 32.3 Å². The van der Waals surface area contributed by atoms with E-state index < -0.39 is 0 Å². The maximum absolute atomic E-state index is 5.69. The van der Waals surface area contributed by atoms with E-state index in [-0.39, 0.29) is 0 Å². The number of rotatable bonds is 2. The maximum atomic E-state index is 5.69. The summed E-state index contributed by atoms with van der Waals surface area (Å²) in [4.78, 5) is 3.93. The second-order valence-corrected chi connectivity index (χ2v) is 4.87. The van der Waals surface area contributed by atoms with Crippen LogP contribution in [0, 0.1) is 0 Å². The van der Waals surface area contributed by atoms with E-state index >= 15 is 0 Å². The number of aromatic nitrogens is 2. The second-order valence-electron chi connectivity index (χ2n) is 4.87. The van der Waals surface area contributed by atoms with Crippen molar-refractivity contribution in [3.05, 3.63) is 17.5 Å². The van der Waals surface area contributed by atoms with Crippen LogP contribution >= 0.6 is 0 Å². The third-order valence-corrected chi connectivity index (χ3v) is 3.22. The first kappa shape index (κ1) is 12.0. The van der Waals surface area contributed by atoms with E-state index in [4.69, 9.17) is 5.73 Å². The molecule has 17 heavy (non-hydrogen) atoms. The zero-order valence-electron chi connectivity index (χ0n) is 10.8. The Morgan fingerprint density at radius 1 is 1.65 bits per heavy atom. The highest BCUT2D eigenvalue weighted by Gasteiger charge is 2.22. The number of hydrogen-bond acceptors (Lipinski definition) is 2. The molecule has 5 nitrogen and oxygen atoms in total. The summed E-state index contributed by atoms with van der Waals surface area (Å²) >= 11 is 0. The van der Waals surface area contributed by atoms with Crippen molar-refractivity contribution in [2.75, 3.05) is 7.05 Å². The van der Waals surface area contributed by atoms with Gasteiger partial charge in [0.2, 0.25) is 0 Å². The summed E-state index contributed by atoms with van der Waals surface area (Å²) in [6.07, 6.45) is 5.27. The van der Waals surface area contributed by atoms with Crippen molar-refractivity contribution in [1.29, 1.82) is 0 Å². The van der Waals surface area contributed by atoms with Gasteiger partial charge in [-0.2, -0.15) is 5.10 Å². The van der Waals surface area contributed by atoms with Gasteiger partial charge in [0.15, 0.2) is 5.96 Å². The number of hydrogen-bond donors (Lipinski definition) is 2. The molecule has 1 aliphatic carbocycles. The number of nitrogens with two attached hydrogens (primary N) is 1. The molecule has 0 fully saturated rings. The van der Waals surface area contributed by atoms with Crippen LogP contribution < -0.4 is 11.1 Å². The highest BCUT2D eigenvalue weighted by atomic mass is 15.3. The molecule has 94 valence electrons. The van der Waals surface area contributed by atoms with Crippen LogP contribution in [-0.2, 0) is 12.8 Å². The summed E-state index contributed by atoms with van der Waals surface area (Å²) in [6, 6.07) is 0.788. The van der Waals surface area contributed by atoms with E-state index in [0.29, 0.717) is 18.0 Å². The minimum Gasteiger partial charge on any atom is -0.370 e. The molecule has 1 aromatic rings. The molecular weight excluding hydrogens is 214 g/mol. The number of aryl methyl sites for hydroxylation is 1. The fourth-order valence-corrected chi connectivity index (χ4v) is 2.17. The molecule has 0 amide bonds. The highest BCUT2D eigenvalue weighted by molar-refractivity contribution is 5.78. The van der Waals surface area contributed by atoms with Gasteiger partial charge in [0.25, 0.3) is 0 Å². The first-order valence-corrected chi connectivity index (χ1v) is 6.16. The maximum Gasteiger partial charge on any atom is 0.188 e. The Bertz CT molecular complexity index is 419. The third kappa shape index (κ3) is 2.60. The number of nitrogens with zero attached hydrogens (tertiary/aromatic N) is 3. The molecule has 1 unspecified atom stereocenters. The van der Waals surface area contributed by atoms with Crippen molar-refractivity contribution in [3.8, 4) is 0 Å². The zero-order chi connectivity index (χ0) is 12.4. The Kier molecular flexibility index (Phi) is 3.36. The first-order chi connectivity index (χ1) is 8.10. The topological polar surface area (TPSA) is 68.2 Å². The molecule has 0 saturated heterocycles. The molecule has 1 heterocycles. The van der Waals surface area contributed by atoms with Gasteiger partial charge in [-0.1, -0.05) is 0 Å². The van der Waals surface area contributed by atoms with E-state index in [1.807, 2.05) is 4.68 Å². The molecule has 0 aliphatic heterocycles. The van der Waals surface area contributed by atoms with Gasteiger partial charge in [0.1, 0.15) is 0 Å². The lowest BCUT2D eigenvalue weighted by molar-refractivity contribution is 0.502. The lowest BCUT2D eigenvalue weighted by atomic mass is 9.94. The minimum atomic E-state index is 0.363. The van der Waals surface area contributed by atoms with Crippen molar-refractivity contribution in [2.45, 2.75) is 45.2 Å². The van der Waals surface area contributed by atoms with Crippen LogP contribution in [-0.4, -0.2) is 28.8 Å². The number of aliphatic imine (C=N–C) groups is 1. The van der Waals surface area contributed by atoms with Crippen LogP contribution in [0.3, 0.4) is 0 Å². The molecule has 3 N–H and O–H groups in total. The van der Waals surface area contributed by atoms with Crippen molar-refractivity contribution < 1.29 is 0 Å². The average Bonchev–Trinajstić information content (AvgIpc) is 2.72. The van der Waals surface area contributed by atoms with E-state index in [1.54, 1.807) is 7.05 Å². The fourth-order valence-electron chi connectivity index (χ4n) is 2.17. The molecule has 0 radical (unpaired) electrons. The summed E-state index contributed by atoms with van der Waals surface area (Å²) < 4.78 is 2.05. The lowest BCUT2D eigenvalue weighted by Crippen LogP contribution is -2.42. The van der Waals surface area contributed by atoms with Crippen molar-refractivity contribution in [1.82, 2.24) is 15.1 Å². The van der Waals surface area contributed by atoms with Crippen molar-refractivity contribution in [2.24, 2.45) is 10.7 Å². The monoisotopic (exact) mass is 235 g/mol. The summed E-state index contributed by atoms with van der Waals surface area (Å²) in [7, 11) is 1.70. The number of fused-ring (bicyclic) bond motifs is 1. The Hall–Kier alpha value is -1.52. The van der Waals surface area contributed by atoms with Gasteiger partial charge in [-0.3, -0.25) is 9.67 Å². The van der Waals surface area contributed by atoms with Gasteiger partial charge >= 0.3 is 0 Å². The smallest absolute Gasteiger partial charge is 0.188 e.